The number of rotatable bonds is 53. The molecule has 1 N–H and O–H groups in total. The predicted molar refractivity (Wildman–Crippen MR) is 333 cm³/mol. The second-order valence-corrected chi connectivity index (χ2v) is 19.3. The monoisotopic (exact) mass is 1040 g/mol. The van der Waals surface area contributed by atoms with Crippen molar-refractivity contribution in [3.05, 3.63) is 182 Å². The van der Waals surface area contributed by atoms with Crippen molar-refractivity contribution in [3.63, 3.8) is 0 Å². The minimum Gasteiger partial charge on any atom is -0.462 e. The average Bonchev–Trinajstić information content (AvgIpc) is 3.42. The van der Waals surface area contributed by atoms with E-state index in [9.17, 15) is 14.7 Å². The molecule has 0 aliphatic carbocycles. The van der Waals surface area contributed by atoms with Crippen LogP contribution in [0.4, 0.5) is 0 Å². The number of carbonyl (C=O) groups excluding carboxylic acids is 2. The number of carbonyl (C=O) groups is 2. The Bertz CT molecular complexity index is 1750. The Morgan fingerprint density at radius 1 is 0.303 bits per heavy atom. The fraction of sp³-hybridized carbons (Fsp3) is 0.549. The van der Waals surface area contributed by atoms with E-state index in [1.807, 2.05) is 0 Å². The molecule has 0 bridgehead atoms. The summed E-state index contributed by atoms with van der Waals surface area (Å²) in [4.78, 5) is 24.6. The number of unbranched alkanes of at least 4 members (excludes halogenated alkanes) is 15. The van der Waals surface area contributed by atoms with Gasteiger partial charge >= 0.3 is 11.9 Å². The van der Waals surface area contributed by atoms with Crippen LogP contribution in [-0.2, 0) is 19.1 Å². The molecule has 0 saturated carbocycles. The van der Waals surface area contributed by atoms with Crippen molar-refractivity contribution in [2.24, 2.45) is 0 Å². The molecular formula is C71H110O5. The largest absolute Gasteiger partial charge is 0.462 e. The van der Waals surface area contributed by atoms with Gasteiger partial charge in [-0.25, -0.2) is 0 Å². The summed E-state index contributed by atoms with van der Waals surface area (Å²) in [5.41, 5.74) is 0. The normalized spacial score (nSPS) is 13.6. The summed E-state index contributed by atoms with van der Waals surface area (Å²) in [6.07, 6.45) is 101. The maximum absolute atomic E-state index is 12.3. The molecule has 76 heavy (non-hydrogen) atoms. The number of esters is 2. The first-order valence-corrected chi connectivity index (χ1v) is 30.3. The average molecular weight is 1040 g/mol. The van der Waals surface area contributed by atoms with Gasteiger partial charge < -0.3 is 14.6 Å². The Hall–Kier alpha value is -5.00. The first kappa shape index (κ1) is 71.0. The van der Waals surface area contributed by atoms with Gasteiger partial charge in [0.1, 0.15) is 6.61 Å². The van der Waals surface area contributed by atoms with Gasteiger partial charge in [0.05, 0.1) is 6.61 Å². The van der Waals surface area contributed by atoms with E-state index < -0.39 is 6.10 Å². The zero-order valence-corrected chi connectivity index (χ0v) is 48.4. The van der Waals surface area contributed by atoms with Crippen molar-refractivity contribution in [1.82, 2.24) is 0 Å². The maximum atomic E-state index is 12.3. The van der Waals surface area contributed by atoms with E-state index in [1.54, 1.807) is 0 Å². The van der Waals surface area contributed by atoms with Crippen LogP contribution in [0.1, 0.15) is 232 Å². The number of allylic oxidation sites excluding steroid dienone is 30. The lowest BCUT2D eigenvalue weighted by Crippen LogP contribution is -2.28. The molecule has 5 heteroatoms. The van der Waals surface area contributed by atoms with Crippen LogP contribution in [0.2, 0.25) is 0 Å². The van der Waals surface area contributed by atoms with Gasteiger partial charge in [0.2, 0.25) is 0 Å². The molecule has 0 aliphatic heterocycles. The lowest BCUT2D eigenvalue weighted by molar-refractivity contribution is -0.161. The van der Waals surface area contributed by atoms with Gasteiger partial charge in [0.25, 0.3) is 0 Å². The van der Waals surface area contributed by atoms with Gasteiger partial charge in [0.15, 0.2) is 6.10 Å². The van der Waals surface area contributed by atoms with Crippen LogP contribution in [0.25, 0.3) is 0 Å². The van der Waals surface area contributed by atoms with Crippen molar-refractivity contribution in [2.75, 3.05) is 13.2 Å². The van der Waals surface area contributed by atoms with Crippen LogP contribution in [0, 0.1) is 0 Å². The fourth-order valence-electron chi connectivity index (χ4n) is 7.73. The lowest BCUT2D eigenvalue weighted by atomic mass is 10.1. The second-order valence-electron chi connectivity index (χ2n) is 19.3. The first-order valence-electron chi connectivity index (χ1n) is 30.3. The van der Waals surface area contributed by atoms with Gasteiger partial charge in [-0.2, -0.15) is 0 Å². The predicted octanol–water partition coefficient (Wildman–Crippen LogP) is 21.1. The molecule has 0 aromatic rings. The highest BCUT2D eigenvalue weighted by Gasteiger charge is 2.16. The molecule has 0 amide bonds. The van der Waals surface area contributed by atoms with Gasteiger partial charge in [-0.3, -0.25) is 9.59 Å². The minimum absolute atomic E-state index is 0.0873. The Morgan fingerprint density at radius 3 is 0.789 bits per heavy atom. The number of aliphatic hydroxyl groups excluding tert-OH is 1. The Balaban J connectivity index is 3.64. The Kier molecular flexibility index (Phi) is 60.1. The van der Waals surface area contributed by atoms with E-state index in [4.69, 9.17) is 9.47 Å². The quantitative estimate of drug-likeness (QED) is 0.0373. The number of hydrogen-bond donors (Lipinski definition) is 1. The summed E-state index contributed by atoms with van der Waals surface area (Å²) < 4.78 is 10.7. The van der Waals surface area contributed by atoms with Crippen LogP contribution in [0.5, 0.6) is 0 Å². The summed E-state index contributed by atoms with van der Waals surface area (Å²) >= 11 is 0. The molecule has 1 atom stereocenters. The van der Waals surface area contributed by atoms with E-state index in [1.165, 1.54) is 51.4 Å². The SMILES string of the molecule is CC/C=C\C/C=C\C/C=C\C/C=C\C/C=C\C/C=C\C/C=C\C/C=C\C/C=C\C/C=C\CCCCCCCCC(=O)OC(CO)COC(=O)CCCCCCCCCCC/C=C\C/C=C\C/C=C\C/C=C\C/C=C\CC. The summed E-state index contributed by atoms with van der Waals surface area (Å²) in [7, 11) is 0. The van der Waals surface area contributed by atoms with Gasteiger partial charge in [-0.15, -0.1) is 0 Å². The van der Waals surface area contributed by atoms with Crippen molar-refractivity contribution in [1.29, 1.82) is 0 Å². The van der Waals surface area contributed by atoms with Crippen molar-refractivity contribution in [3.8, 4) is 0 Å². The summed E-state index contributed by atoms with van der Waals surface area (Å²) in [6.45, 7) is 3.89. The van der Waals surface area contributed by atoms with E-state index in [0.717, 1.165) is 154 Å². The molecule has 0 aromatic heterocycles. The van der Waals surface area contributed by atoms with Crippen molar-refractivity contribution >= 4 is 11.9 Å². The van der Waals surface area contributed by atoms with Crippen molar-refractivity contribution < 1.29 is 24.2 Å². The van der Waals surface area contributed by atoms with E-state index >= 15 is 0 Å². The highest BCUT2D eigenvalue weighted by Crippen LogP contribution is 2.14. The van der Waals surface area contributed by atoms with E-state index in [2.05, 4.69) is 196 Å². The molecule has 0 rings (SSSR count). The van der Waals surface area contributed by atoms with Crippen LogP contribution in [-0.4, -0.2) is 36.4 Å². The van der Waals surface area contributed by atoms with E-state index in [0.29, 0.717) is 12.8 Å². The summed E-state index contributed by atoms with van der Waals surface area (Å²) in [5, 5.41) is 9.67. The van der Waals surface area contributed by atoms with Crippen LogP contribution < -0.4 is 0 Å². The summed E-state index contributed by atoms with van der Waals surface area (Å²) in [5.74, 6) is -0.627. The number of aliphatic hydroxyl groups is 1. The zero-order valence-electron chi connectivity index (χ0n) is 48.4. The summed E-state index contributed by atoms with van der Waals surface area (Å²) in [6, 6.07) is 0. The first-order chi connectivity index (χ1) is 37.6. The Morgan fingerprint density at radius 2 is 0.526 bits per heavy atom. The molecule has 0 aromatic carbocycles. The molecule has 0 radical (unpaired) electrons. The van der Waals surface area contributed by atoms with Crippen LogP contribution in [0.3, 0.4) is 0 Å². The fourth-order valence-corrected chi connectivity index (χ4v) is 7.73. The molecule has 0 heterocycles. The lowest BCUT2D eigenvalue weighted by Gasteiger charge is -2.15. The second kappa shape index (κ2) is 64.3. The molecule has 1 unspecified atom stereocenters. The highest BCUT2D eigenvalue weighted by molar-refractivity contribution is 5.70. The van der Waals surface area contributed by atoms with Gasteiger partial charge in [-0.1, -0.05) is 267 Å². The molecule has 0 fully saturated rings. The third-order valence-electron chi connectivity index (χ3n) is 12.2. The van der Waals surface area contributed by atoms with Gasteiger partial charge in [-0.05, 0) is 135 Å². The topological polar surface area (TPSA) is 72.8 Å². The van der Waals surface area contributed by atoms with Crippen LogP contribution >= 0.6 is 0 Å². The number of hydrogen-bond acceptors (Lipinski definition) is 5. The zero-order chi connectivity index (χ0) is 54.8. The third-order valence-corrected chi connectivity index (χ3v) is 12.2. The highest BCUT2D eigenvalue weighted by atomic mass is 16.6. The molecular weight excluding hydrogens is 933 g/mol. The van der Waals surface area contributed by atoms with Gasteiger partial charge in [0, 0.05) is 12.8 Å². The smallest absolute Gasteiger partial charge is 0.306 e. The molecule has 0 saturated heterocycles. The maximum Gasteiger partial charge on any atom is 0.306 e. The molecule has 5 nitrogen and oxygen atoms in total. The standard InChI is InChI=1S/C71H110O5/c1-3-5-7-9-11-13-15-17-19-21-23-25-27-29-30-31-32-33-34-35-36-37-38-39-40-42-44-46-48-50-52-54-56-58-60-62-64-66-71(74)76-69(67-72)68-75-70(73)65-63-61-59-57-55-53-51-49-47-45-43-41-28-26-24-22-20-18-16-14-12-10-8-6-4-2/h5-8,11-14,17-20,23-26,29-30,32-33,35-36,38-39,41-44,48,50,69,72H,3-4,9-10,15-16,21-22,27-28,31,34,37,40,45-47,49,51-68H2,1-2H3/b7-5-,8-6-,13-11-,14-12-,19-17-,20-18-,25-23-,26-24-,30-29-,33-32-,36-35-,39-38-,43-41-,44-42-,50-48-. The van der Waals surface area contributed by atoms with E-state index in [-0.39, 0.29) is 25.2 Å². The van der Waals surface area contributed by atoms with Crippen LogP contribution in [0.15, 0.2) is 182 Å². The minimum atomic E-state index is -0.799. The third kappa shape index (κ3) is 61.5. The molecule has 0 aliphatic rings. The Labute approximate surface area is 467 Å². The number of ether oxygens (including phenoxy) is 2. The molecule has 424 valence electrons. The molecule has 0 spiro atoms. The van der Waals surface area contributed by atoms with Crippen molar-refractivity contribution in [2.45, 2.75) is 238 Å².